The SMILES string of the molecule is Cc1sc(-c2nccc3c2sc2cc4cc(CC(C)(C)C)ccc4cc23)cc1Oc1ccc2c3ccccc3n(-c3cc(C(C)(C)C)ccn3)c2c1. The molecule has 52 heavy (non-hydrogen) atoms. The van der Waals surface area contributed by atoms with Crippen LogP contribution in [0.2, 0.25) is 0 Å². The highest BCUT2D eigenvalue weighted by Gasteiger charge is 2.20. The largest absolute Gasteiger partial charge is 0.456 e. The first kappa shape index (κ1) is 32.8. The molecule has 0 atom stereocenters. The third kappa shape index (κ3) is 5.75. The molecule has 6 heteroatoms. The molecule has 4 nitrogen and oxygen atoms in total. The number of benzene rings is 4. The van der Waals surface area contributed by atoms with Gasteiger partial charge in [-0.2, -0.15) is 0 Å². The standard InChI is InChI=1S/C46H41N3OS2/c1-27-39(50-32-14-15-34-33-10-8-9-11-37(33)49(38(34)24-32)42-23-31(16-18-47-42)46(5,6)7)25-41(51-27)43-44-35(17-19-48-43)36-21-29-13-12-28(26-45(2,3)4)20-30(29)22-40(36)52-44/h8-25H,26H2,1-7H3. The summed E-state index contributed by atoms with van der Waals surface area (Å²) in [6, 6.07) is 35.3. The average molecular weight is 716 g/mol. The fourth-order valence-corrected chi connectivity index (χ4v) is 9.72. The summed E-state index contributed by atoms with van der Waals surface area (Å²) in [5.74, 6) is 2.55. The summed E-state index contributed by atoms with van der Waals surface area (Å²) in [7, 11) is 0. The van der Waals surface area contributed by atoms with Crippen molar-refractivity contribution in [2.24, 2.45) is 5.41 Å². The van der Waals surface area contributed by atoms with Crippen LogP contribution in [0.15, 0.2) is 109 Å². The Morgan fingerprint density at radius 3 is 2.31 bits per heavy atom. The smallest absolute Gasteiger partial charge is 0.141 e. The number of aryl methyl sites for hydroxylation is 1. The van der Waals surface area contributed by atoms with Crippen LogP contribution in [0.3, 0.4) is 0 Å². The van der Waals surface area contributed by atoms with Gasteiger partial charge in [-0.15, -0.1) is 22.7 Å². The molecule has 0 aliphatic carbocycles. The Labute approximate surface area is 312 Å². The molecule has 258 valence electrons. The monoisotopic (exact) mass is 715 g/mol. The molecule has 0 bridgehead atoms. The predicted octanol–water partition coefficient (Wildman–Crippen LogP) is 13.8. The molecule has 0 N–H and O–H groups in total. The molecule has 0 unspecified atom stereocenters. The van der Waals surface area contributed by atoms with Crippen molar-refractivity contribution in [3.8, 4) is 27.9 Å². The quantitative estimate of drug-likeness (QED) is 0.178. The lowest BCUT2D eigenvalue weighted by Crippen LogP contribution is -2.12. The molecule has 0 aliphatic heterocycles. The van der Waals surface area contributed by atoms with Crippen LogP contribution in [0.4, 0.5) is 0 Å². The van der Waals surface area contributed by atoms with E-state index in [2.05, 4.69) is 150 Å². The second-order valence-corrected chi connectivity index (χ2v) is 18.5. The summed E-state index contributed by atoms with van der Waals surface area (Å²) in [6.07, 6.45) is 4.93. The Morgan fingerprint density at radius 2 is 1.48 bits per heavy atom. The molecule has 0 saturated carbocycles. The number of ether oxygens (including phenoxy) is 1. The molecule has 4 aromatic carbocycles. The normalized spacial score (nSPS) is 12.6. The summed E-state index contributed by atoms with van der Waals surface area (Å²) >= 11 is 3.57. The molecule has 9 aromatic rings. The van der Waals surface area contributed by atoms with E-state index in [9.17, 15) is 0 Å². The van der Waals surface area contributed by atoms with Gasteiger partial charge in [0.2, 0.25) is 0 Å². The Bertz CT molecular complexity index is 2840. The summed E-state index contributed by atoms with van der Waals surface area (Å²) in [6.45, 7) is 15.7. The molecule has 0 aliphatic rings. The van der Waals surface area contributed by atoms with E-state index in [0.717, 1.165) is 50.2 Å². The van der Waals surface area contributed by atoms with Gasteiger partial charge in [0, 0.05) is 55.6 Å². The maximum absolute atomic E-state index is 6.71. The van der Waals surface area contributed by atoms with Crippen LogP contribution in [0.25, 0.3) is 69.1 Å². The number of rotatable bonds is 5. The van der Waals surface area contributed by atoms with E-state index in [1.54, 1.807) is 11.3 Å². The van der Waals surface area contributed by atoms with Crippen LogP contribution < -0.4 is 4.74 Å². The lowest BCUT2D eigenvalue weighted by Gasteiger charge is -2.20. The second kappa shape index (κ2) is 12.0. The topological polar surface area (TPSA) is 39.9 Å². The van der Waals surface area contributed by atoms with Crippen molar-refractivity contribution in [1.82, 2.24) is 14.5 Å². The van der Waals surface area contributed by atoms with Crippen molar-refractivity contribution in [3.05, 3.63) is 125 Å². The zero-order valence-electron chi connectivity index (χ0n) is 30.7. The van der Waals surface area contributed by atoms with Gasteiger partial charge < -0.3 is 4.74 Å². The van der Waals surface area contributed by atoms with Gasteiger partial charge in [-0.05, 0) is 94.6 Å². The minimum Gasteiger partial charge on any atom is -0.456 e. The summed E-state index contributed by atoms with van der Waals surface area (Å²) in [5.41, 5.74) is 6.11. The lowest BCUT2D eigenvalue weighted by atomic mass is 9.87. The molecule has 0 spiro atoms. The van der Waals surface area contributed by atoms with E-state index in [-0.39, 0.29) is 10.8 Å². The van der Waals surface area contributed by atoms with Crippen molar-refractivity contribution in [3.63, 3.8) is 0 Å². The Hall–Kier alpha value is -5.04. The summed E-state index contributed by atoms with van der Waals surface area (Å²) in [4.78, 5) is 12.0. The van der Waals surface area contributed by atoms with Crippen LogP contribution in [0.1, 0.15) is 57.5 Å². The van der Waals surface area contributed by atoms with E-state index in [4.69, 9.17) is 14.7 Å². The van der Waals surface area contributed by atoms with E-state index in [1.807, 2.05) is 23.7 Å². The van der Waals surface area contributed by atoms with Gasteiger partial charge in [0.15, 0.2) is 0 Å². The number of pyridine rings is 2. The highest BCUT2D eigenvalue weighted by molar-refractivity contribution is 7.26. The Morgan fingerprint density at radius 1 is 0.673 bits per heavy atom. The van der Waals surface area contributed by atoms with Gasteiger partial charge in [-0.3, -0.25) is 9.55 Å². The molecule has 0 fully saturated rings. The molecule has 9 rings (SSSR count). The number of fused-ring (bicyclic) bond motifs is 7. The average Bonchev–Trinajstić information content (AvgIpc) is 3.76. The van der Waals surface area contributed by atoms with Gasteiger partial charge in [0.1, 0.15) is 17.3 Å². The van der Waals surface area contributed by atoms with Crippen LogP contribution in [-0.2, 0) is 11.8 Å². The van der Waals surface area contributed by atoms with Crippen LogP contribution >= 0.6 is 22.7 Å². The van der Waals surface area contributed by atoms with E-state index < -0.39 is 0 Å². The number of hydrogen-bond acceptors (Lipinski definition) is 5. The van der Waals surface area contributed by atoms with Crippen LogP contribution in [0.5, 0.6) is 11.5 Å². The third-order valence-electron chi connectivity index (χ3n) is 9.96. The Kier molecular flexibility index (Phi) is 7.58. The van der Waals surface area contributed by atoms with Crippen molar-refractivity contribution >= 4 is 75.4 Å². The van der Waals surface area contributed by atoms with Crippen molar-refractivity contribution in [2.45, 2.75) is 60.3 Å². The second-order valence-electron chi connectivity index (χ2n) is 16.2. The minimum atomic E-state index is 0.0119. The number of thiophene rings is 2. The fraction of sp³-hybridized carbons (Fsp3) is 0.217. The molecule has 0 saturated heterocycles. The van der Waals surface area contributed by atoms with Crippen LogP contribution in [0, 0.1) is 12.3 Å². The maximum Gasteiger partial charge on any atom is 0.141 e. The number of nitrogens with zero attached hydrogens (tertiary/aromatic N) is 3. The van der Waals surface area contributed by atoms with E-state index in [1.165, 1.54) is 52.8 Å². The molecule has 5 heterocycles. The maximum atomic E-state index is 6.71. The number of aromatic nitrogens is 3. The third-order valence-corrected chi connectivity index (χ3v) is 12.2. The first-order chi connectivity index (χ1) is 24.9. The summed E-state index contributed by atoms with van der Waals surface area (Å²) in [5, 5.41) is 7.48. The lowest BCUT2D eigenvalue weighted by molar-refractivity contribution is 0.411. The van der Waals surface area contributed by atoms with E-state index in [0.29, 0.717) is 0 Å². The van der Waals surface area contributed by atoms with E-state index >= 15 is 0 Å². The van der Waals surface area contributed by atoms with Gasteiger partial charge in [0.05, 0.1) is 26.3 Å². The molecule has 0 amide bonds. The van der Waals surface area contributed by atoms with Gasteiger partial charge in [-0.25, -0.2) is 4.98 Å². The Balaban J connectivity index is 1.10. The van der Waals surface area contributed by atoms with Gasteiger partial charge >= 0.3 is 0 Å². The van der Waals surface area contributed by atoms with Crippen LogP contribution in [-0.4, -0.2) is 14.5 Å². The molecular formula is C46H41N3OS2. The van der Waals surface area contributed by atoms with Gasteiger partial charge in [0.25, 0.3) is 0 Å². The highest BCUT2D eigenvalue weighted by Crippen LogP contribution is 2.45. The summed E-state index contributed by atoms with van der Waals surface area (Å²) < 4.78 is 11.5. The van der Waals surface area contributed by atoms with Crippen molar-refractivity contribution in [2.75, 3.05) is 0 Å². The van der Waals surface area contributed by atoms with Crippen molar-refractivity contribution < 1.29 is 4.74 Å². The molecule has 0 radical (unpaired) electrons. The number of para-hydroxylation sites is 1. The van der Waals surface area contributed by atoms with Crippen molar-refractivity contribution in [1.29, 1.82) is 0 Å². The minimum absolute atomic E-state index is 0.0119. The van der Waals surface area contributed by atoms with Gasteiger partial charge in [-0.1, -0.05) is 77.9 Å². The zero-order valence-corrected chi connectivity index (χ0v) is 32.3. The highest BCUT2D eigenvalue weighted by atomic mass is 32.1. The molecular weight excluding hydrogens is 675 g/mol. The zero-order chi connectivity index (χ0) is 35.9. The first-order valence-electron chi connectivity index (χ1n) is 17.9. The first-order valence-corrected chi connectivity index (χ1v) is 19.6. The fourth-order valence-electron chi connectivity index (χ4n) is 7.47. The predicted molar refractivity (Wildman–Crippen MR) is 223 cm³/mol. The molecule has 5 aromatic heterocycles. The number of hydrogen-bond donors (Lipinski definition) is 0.